The smallest absolute Gasteiger partial charge is 0.227 e. The Balaban J connectivity index is -0.000000183. The zero-order chi connectivity index (χ0) is 42.1. The normalized spacial score (nSPS) is 11.9. The minimum absolute atomic E-state index is 0. The number of thioether (sulfide) groups is 2. The molecule has 0 aromatic heterocycles. The zero-order valence-electron chi connectivity index (χ0n) is 36.3. The van der Waals surface area contributed by atoms with E-state index in [0.717, 1.165) is 53.2 Å². The molecule has 1 aliphatic heterocycles. The molecule has 1 aliphatic rings. The van der Waals surface area contributed by atoms with Crippen LogP contribution in [-0.4, -0.2) is 60.6 Å². The second-order valence-electron chi connectivity index (χ2n) is 13.4. The highest BCUT2D eigenvalue weighted by atomic mass is 32.2. The minimum Gasteiger partial charge on any atom is -0.401 e. The van der Waals surface area contributed by atoms with Crippen molar-refractivity contribution in [2.75, 3.05) is 42.3 Å². The molecular weight excluding hydrogens is 838 g/mol. The molecule has 0 bridgehead atoms. The van der Waals surface area contributed by atoms with Crippen LogP contribution in [0.3, 0.4) is 0 Å². The molecule has 62 heavy (non-hydrogen) atoms. The molecule has 0 aliphatic carbocycles. The minimum atomic E-state index is 0. The third kappa shape index (κ3) is 33.9. The number of hydrogen-bond donors (Lipinski definition) is 6. The first-order valence-corrected chi connectivity index (χ1v) is 23.5. The average molecular weight is 928 g/mol. The number of para-hydroxylation sites is 1. The summed E-state index contributed by atoms with van der Waals surface area (Å²) in [6.45, 7) is 10.6. The largest absolute Gasteiger partial charge is 0.401 e. The molecule has 0 fully saturated rings. The van der Waals surface area contributed by atoms with Gasteiger partial charge in [-0.15, -0.1) is 0 Å². The fourth-order valence-electron chi connectivity index (χ4n) is 5.48. The molecule has 0 atom stereocenters. The van der Waals surface area contributed by atoms with E-state index in [0.29, 0.717) is 63.7 Å². The van der Waals surface area contributed by atoms with Crippen LogP contribution in [0.1, 0.15) is 151 Å². The van der Waals surface area contributed by atoms with Crippen molar-refractivity contribution in [3.8, 4) is 0 Å². The number of nitrogens with two attached hydrogens (primary N) is 2. The molecular formula is C47H90N7O5PS2. The van der Waals surface area contributed by atoms with Gasteiger partial charge in [0.25, 0.3) is 0 Å². The molecule has 0 spiro atoms. The lowest BCUT2D eigenvalue weighted by molar-refractivity contribution is -0.120. The van der Waals surface area contributed by atoms with Gasteiger partial charge < -0.3 is 53.7 Å². The van der Waals surface area contributed by atoms with Crippen molar-refractivity contribution < 1.29 is 23.7 Å². The van der Waals surface area contributed by atoms with E-state index < -0.39 is 0 Å². The second kappa shape index (κ2) is 46.8. The standard InChI is InChI=1S/C28H35N3O3.C11H22N2O.C3H8S2.CH3OP.4CH4.2H3N/c1-20(32)11-3-8-17-26(34)31-19-22-13-4-5-14-23(22)27(29)28(24-15-6-7-16-25(24)31)30-18-10-9-12-21(2)33;1-3-4-5-8-13-9-11(12)7-6-10(2)14;1-4-3-5-2;1-3-2;;;;;;/h4-7,13-16,30H,3,8-12,17-19,29H2,1-2H3;9,13H,3-8,12H2,1-2H3;3H2,1-2H3;1H3;4*1H4;2*1H3/b28-27-;11-9-;;;;;;;;. The molecule has 0 saturated carbocycles. The van der Waals surface area contributed by atoms with Gasteiger partial charge in [0.2, 0.25) is 5.91 Å². The van der Waals surface area contributed by atoms with Crippen molar-refractivity contribution in [3.63, 3.8) is 0 Å². The van der Waals surface area contributed by atoms with E-state index in [4.69, 9.17) is 16.0 Å². The average Bonchev–Trinajstić information content (AvgIpc) is 3.16. The summed E-state index contributed by atoms with van der Waals surface area (Å²) in [5.74, 6) is 0.568. The summed E-state index contributed by atoms with van der Waals surface area (Å²) in [7, 11) is 0.167. The highest BCUT2D eigenvalue weighted by Gasteiger charge is 2.26. The Bertz CT molecular complexity index is 1540. The monoisotopic (exact) mass is 928 g/mol. The van der Waals surface area contributed by atoms with Gasteiger partial charge in [0.1, 0.15) is 17.3 Å². The first kappa shape index (κ1) is 72.8. The number of allylic oxidation sites excluding steroid dienone is 1. The number of benzene rings is 2. The maximum atomic E-state index is 13.4. The fraction of sp³-hybridized carbons (Fsp3) is 0.574. The number of ketones is 3. The number of amides is 1. The van der Waals surface area contributed by atoms with E-state index in [2.05, 4.69) is 30.1 Å². The number of unbranched alkanes of at least 4 members (excludes halogenated alkanes) is 4. The number of anilines is 1. The van der Waals surface area contributed by atoms with Crippen molar-refractivity contribution in [2.24, 2.45) is 11.5 Å². The summed E-state index contributed by atoms with van der Waals surface area (Å²) in [5.41, 5.74) is 18.2. The van der Waals surface area contributed by atoms with Gasteiger partial charge in [0.15, 0.2) is 8.46 Å². The quantitative estimate of drug-likeness (QED) is 0.0389. The Morgan fingerprint density at radius 1 is 0.726 bits per heavy atom. The van der Waals surface area contributed by atoms with Crippen LogP contribution in [0.5, 0.6) is 0 Å². The molecule has 1 amide bonds. The Morgan fingerprint density at radius 3 is 1.73 bits per heavy atom. The van der Waals surface area contributed by atoms with E-state index in [1.165, 1.54) is 24.3 Å². The maximum absolute atomic E-state index is 13.4. The molecule has 0 unspecified atom stereocenters. The Labute approximate surface area is 389 Å². The molecule has 1 heterocycles. The van der Waals surface area contributed by atoms with Gasteiger partial charge in [-0.3, -0.25) is 9.36 Å². The van der Waals surface area contributed by atoms with Crippen LogP contribution in [0.2, 0.25) is 0 Å². The maximum Gasteiger partial charge on any atom is 0.227 e. The predicted octanol–water partition coefficient (Wildman–Crippen LogP) is 12.2. The molecule has 3 rings (SSSR count). The number of hydrogen-bond acceptors (Lipinski definition) is 13. The van der Waals surface area contributed by atoms with Crippen molar-refractivity contribution >= 4 is 72.3 Å². The van der Waals surface area contributed by atoms with Crippen LogP contribution in [-0.2, 0) is 30.3 Å². The summed E-state index contributed by atoms with van der Waals surface area (Å²) in [6.07, 6.45) is 15.4. The molecule has 0 radical (unpaired) electrons. The van der Waals surface area contributed by atoms with Gasteiger partial charge in [0, 0.05) is 73.5 Å². The van der Waals surface area contributed by atoms with E-state index >= 15 is 0 Å². The summed E-state index contributed by atoms with van der Waals surface area (Å²) in [5, 5.41) is 7.87. The molecule has 2 aromatic carbocycles. The lowest BCUT2D eigenvalue weighted by atomic mass is 9.95. The third-order valence-electron chi connectivity index (χ3n) is 8.31. The number of nitrogens with zero attached hydrogens (tertiary/aromatic N) is 1. The first-order chi connectivity index (χ1) is 26.9. The SMILES string of the molecule is C.C.C.C.CC(=O)CCCCN/C1=C(\N)c2ccccc2CN(C(=O)CCCCC(C)=O)c2ccccc21.CCCCCN/C=C(\N)CCC(C)=O.CP=O.CSCSC.N.N. The number of fused-ring (bicyclic) bond motifs is 2. The lowest BCUT2D eigenvalue weighted by Crippen LogP contribution is -2.33. The van der Waals surface area contributed by atoms with Crippen LogP contribution >= 0.6 is 32.0 Å². The van der Waals surface area contributed by atoms with Crippen LogP contribution < -0.4 is 39.3 Å². The zero-order valence-corrected chi connectivity index (χ0v) is 38.9. The number of nitrogens with one attached hydrogen (secondary N) is 2. The van der Waals surface area contributed by atoms with Crippen LogP contribution in [0.15, 0.2) is 60.4 Å². The fourth-order valence-corrected chi connectivity index (χ4v) is 6.42. The van der Waals surface area contributed by atoms with Crippen LogP contribution in [0, 0.1) is 0 Å². The molecule has 12 nitrogen and oxygen atoms in total. The van der Waals surface area contributed by atoms with Crippen LogP contribution in [0.25, 0.3) is 11.4 Å². The van der Waals surface area contributed by atoms with E-state index in [1.807, 2.05) is 83.2 Å². The Morgan fingerprint density at radius 2 is 1.21 bits per heavy atom. The topological polar surface area (TPSA) is 235 Å². The Hall–Kier alpha value is -3.68. The third-order valence-corrected chi connectivity index (χ3v) is 10.2. The second-order valence-corrected chi connectivity index (χ2v) is 15.9. The molecule has 0 saturated heterocycles. The summed E-state index contributed by atoms with van der Waals surface area (Å²) in [6, 6.07) is 15.8. The summed E-state index contributed by atoms with van der Waals surface area (Å²) >= 11 is 3.73. The van der Waals surface area contributed by atoms with Crippen molar-refractivity contribution in [3.05, 3.63) is 77.1 Å². The summed E-state index contributed by atoms with van der Waals surface area (Å²) in [4.78, 5) is 48.4. The number of Topliss-reactive ketones (excluding diaryl/α,β-unsaturated/α-hetero) is 3. The highest BCUT2D eigenvalue weighted by Crippen LogP contribution is 2.35. The number of carbonyl (C=O) groups is 4. The van der Waals surface area contributed by atoms with Gasteiger partial charge in [-0.25, -0.2) is 0 Å². The first-order valence-electron chi connectivity index (χ1n) is 19.4. The molecule has 15 heteroatoms. The predicted molar refractivity (Wildman–Crippen MR) is 279 cm³/mol. The summed E-state index contributed by atoms with van der Waals surface area (Å²) < 4.78 is 8.90. The van der Waals surface area contributed by atoms with Gasteiger partial charge in [-0.2, -0.15) is 23.5 Å². The van der Waals surface area contributed by atoms with Gasteiger partial charge in [0.05, 0.1) is 23.6 Å². The van der Waals surface area contributed by atoms with Crippen molar-refractivity contribution in [2.45, 2.75) is 141 Å². The number of carbonyl (C=O) groups excluding carboxylic acids is 4. The van der Waals surface area contributed by atoms with Gasteiger partial charge in [-0.1, -0.05) is 91.9 Å². The molecule has 2 aromatic rings. The van der Waals surface area contributed by atoms with Gasteiger partial charge >= 0.3 is 0 Å². The number of rotatable bonds is 21. The van der Waals surface area contributed by atoms with Gasteiger partial charge in [-0.05, 0) is 83.4 Å². The van der Waals surface area contributed by atoms with E-state index in [1.54, 1.807) is 27.4 Å². The highest BCUT2D eigenvalue weighted by molar-refractivity contribution is 8.15. The molecule has 12 N–H and O–H groups in total. The van der Waals surface area contributed by atoms with Crippen molar-refractivity contribution in [1.82, 2.24) is 22.9 Å². The molecule has 360 valence electrons. The van der Waals surface area contributed by atoms with E-state index in [9.17, 15) is 19.2 Å². The Kier molecular flexibility index (Phi) is 54.9. The van der Waals surface area contributed by atoms with Crippen molar-refractivity contribution in [1.29, 1.82) is 0 Å². The van der Waals surface area contributed by atoms with Crippen LogP contribution in [0.4, 0.5) is 5.69 Å². The lowest BCUT2D eigenvalue weighted by Gasteiger charge is -2.30. The van der Waals surface area contributed by atoms with E-state index in [-0.39, 0.29) is 73.7 Å².